The van der Waals surface area contributed by atoms with E-state index in [0.717, 1.165) is 28.8 Å². The highest BCUT2D eigenvalue weighted by Gasteiger charge is 2.37. The number of benzene rings is 2. The number of fused-ring (bicyclic) bond motifs is 1. The Kier molecular flexibility index (Phi) is 10.7. The van der Waals surface area contributed by atoms with E-state index >= 15 is 0 Å². The SMILES string of the molecule is CC(C)(C)NC(=O)[C@@H]1CN(Cc2cccnc2)CCN1C[C@H](O)C[C@H](Cc1ccccc1)C(=O)N[C@@H]1c2ccccc2C[C@@H]1O. The zero-order chi connectivity index (χ0) is 32.0. The van der Waals surface area contributed by atoms with E-state index in [1.807, 2.05) is 93.7 Å². The van der Waals surface area contributed by atoms with Crippen LogP contribution < -0.4 is 10.6 Å². The first-order valence-corrected chi connectivity index (χ1v) is 16.0. The molecular formula is C36H47N5O4. The van der Waals surface area contributed by atoms with Gasteiger partial charge in [0.2, 0.25) is 11.8 Å². The molecule has 2 amide bonds. The average Bonchev–Trinajstić information content (AvgIpc) is 3.32. The maximum atomic E-state index is 13.8. The smallest absolute Gasteiger partial charge is 0.239 e. The van der Waals surface area contributed by atoms with E-state index in [2.05, 4.69) is 25.4 Å². The summed E-state index contributed by atoms with van der Waals surface area (Å²) in [6.07, 6.45) is 3.26. The predicted octanol–water partition coefficient (Wildman–Crippen LogP) is 2.87. The highest BCUT2D eigenvalue weighted by molar-refractivity contribution is 5.83. The molecule has 0 unspecified atom stereocenters. The summed E-state index contributed by atoms with van der Waals surface area (Å²) in [4.78, 5) is 35.9. The number of rotatable bonds is 11. The number of nitrogens with zero attached hydrogens (tertiary/aromatic N) is 3. The lowest BCUT2D eigenvalue weighted by Gasteiger charge is -2.42. The third-order valence-corrected chi connectivity index (χ3v) is 8.70. The van der Waals surface area contributed by atoms with Gasteiger partial charge >= 0.3 is 0 Å². The summed E-state index contributed by atoms with van der Waals surface area (Å²) in [7, 11) is 0. The number of carbonyl (C=O) groups excluding carboxylic acids is 2. The number of pyridine rings is 1. The average molecular weight is 614 g/mol. The lowest BCUT2D eigenvalue weighted by Crippen LogP contribution is -2.61. The molecule has 4 N–H and O–H groups in total. The van der Waals surface area contributed by atoms with Crippen molar-refractivity contribution in [3.05, 3.63) is 101 Å². The van der Waals surface area contributed by atoms with Crippen molar-refractivity contribution in [1.29, 1.82) is 0 Å². The normalized spacial score (nSPS) is 21.9. The van der Waals surface area contributed by atoms with E-state index in [0.29, 0.717) is 32.5 Å². The van der Waals surface area contributed by atoms with Crippen LogP contribution in [-0.2, 0) is 29.0 Å². The van der Waals surface area contributed by atoms with Gasteiger partial charge in [0.25, 0.3) is 0 Å². The number of carbonyl (C=O) groups is 2. The van der Waals surface area contributed by atoms with Gasteiger partial charge in [-0.1, -0.05) is 60.7 Å². The fourth-order valence-corrected chi connectivity index (χ4v) is 6.56. The molecule has 1 aliphatic carbocycles. The van der Waals surface area contributed by atoms with Crippen molar-refractivity contribution in [2.45, 2.75) is 76.4 Å². The number of aliphatic hydroxyl groups is 2. The summed E-state index contributed by atoms with van der Waals surface area (Å²) in [5.41, 5.74) is 3.68. The van der Waals surface area contributed by atoms with Crippen LogP contribution in [0, 0.1) is 5.92 Å². The van der Waals surface area contributed by atoms with Gasteiger partial charge in [-0.25, -0.2) is 0 Å². The molecule has 1 aromatic heterocycles. The standard InChI is InChI=1S/C36H47N5O4/c1-36(2,3)39-35(45)31-24-40(22-26-12-9-15-37-21-26)16-17-41(31)23-29(42)19-28(18-25-10-5-4-6-11-25)34(44)38-33-30-14-8-7-13-27(30)20-32(33)43/h4-15,21,28-29,31-33,42-43H,16-20,22-24H2,1-3H3,(H,38,44)(H,39,45)/t28-,29+,31-,32-,33+/m0/s1. The molecule has 1 saturated heterocycles. The number of aliphatic hydroxyl groups excluding tert-OH is 2. The summed E-state index contributed by atoms with van der Waals surface area (Å²) in [6.45, 7) is 8.74. The van der Waals surface area contributed by atoms with Gasteiger partial charge < -0.3 is 20.8 Å². The molecule has 9 nitrogen and oxygen atoms in total. The number of piperazine rings is 1. The van der Waals surface area contributed by atoms with Crippen LogP contribution in [0.2, 0.25) is 0 Å². The Morgan fingerprint density at radius 3 is 2.47 bits per heavy atom. The minimum absolute atomic E-state index is 0.0712. The highest BCUT2D eigenvalue weighted by Crippen LogP contribution is 2.32. The second-order valence-corrected chi connectivity index (χ2v) is 13.6. The molecular weight excluding hydrogens is 566 g/mol. The topological polar surface area (TPSA) is 118 Å². The first-order valence-electron chi connectivity index (χ1n) is 16.0. The molecule has 5 rings (SSSR count). The Labute approximate surface area is 266 Å². The number of hydrogen-bond donors (Lipinski definition) is 4. The fraction of sp³-hybridized carbons (Fsp3) is 0.472. The van der Waals surface area contributed by atoms with Crippen LogP contribution in [0.1, 0.15) is 55.5 Å². The number of hydrogen-bond acceptors (Lipinski definition) is 7. The van der Waals surface area contributed by atoms with Crippen LogP contribution >= 0.6 is 0 Å². The molecule has 1 aliphatic heterocycles. The molecule has 0 saturated carbocycles. The van der Waals surface area contributed by atoms with Crippen LogP contribution in [0.5, 0.6) is 0 Å². The zero-order valence-electron chi connectivity index (χ0n) is 26.6. The fourth-order valence-electron chi connectivity index (χ4n) is 6.56. The molecule has 0 spiro atoms. The second kappa shape index (κ2) is 14.6. The van der Waals surface area contributed by atoms with Crippen molar-refractivity contribution in [2.75, 3.05) is 26.2 Å². The summed E-state index contributed by atoms with van der Waals surface area (Å²) in [5, 5.41) is 28.5. The predicted molar refractivity (Wildman–Crippen MR) is 174 cm³/mol. The van der Waals surface area contributed by atoms with Gasteiger partial charge in [-0.05, 0) is 61.9 Å². The Morgan fingerprint density at radius 2 is 1.73 bits per heavy atom. The van der Waals surface area contributed by atoms with Crippen LogP contribution in [0.25, 0.3) is 0 Å². The van der Waals surface area contributed by atoms with Crippen LogP contribution in [-0.4, -0.2) is 86.8 Å². The molecule has 1 fully saturated rings. The summed E-state index contributed by atoms with van der Waals surface area (Å²) in [5.74, 6) is -0.781. The van der Waals surface area contributed by atoms with Gasteiger partial charge in [0, 0.05) is 63.0 Å². The molecule has 2 heterocycles. The quantitative estimate of drug-likeness (QED) is 0.263. The Morgan fingerprint density at radius 1 is 1.00 bits per heavy atom. The van der Waals surface area contributed by atoms with E-state index in [9.17, 15) is 19.8 Å². The Balaban J connectivity index is 1.29. The lowest BCUT2D eigenvalue weighted by molar-refractivity contribution is -0.132. The molecule has 9 heteroatoms. The summed E-state index contributed by atoms with van der Waals surface area (Å²) < 4.78 is 0. The van der Waals surface area contributed by atoms with E-state index < -0.39 is 35.7 Å². The third kappa shape index (κ3) is 8.98. The largest absolute Gasteiger partial charge is 0.392 e. The zero-order valence-corrected chi connectivity index (χ0v) is 26.6. The Hall–Kier alpha value is -3.63. The van der Waals surface area contributed by atoms with Crippen LogP contribution in [0.15, 0.2) is 79.1 Å². The maximum Gasteiger partial charge on any atom is 0.239 e. The lowest BCUT2D eigenvalue weighted by atomic mass is 9.91. The second-order valence-electron chi connectivity index (χ2n) is 13.6. The number of aromatic nitrogens is 1. The van der Waals surface area contributed by atoms with Gasteiger partial charge in [-0.2, -0.15) is 0 Å². The van der Waals surface area contributed by atoms with E-state index in [1.165, 1.54) is 0 Å². The summed E-state index contributed by atoms with van der Waals surface area (Å²) >= 11 is 0. The van der Waals surface area contributed by atoms with Crippen molar-refractivity contribution in [3.8, 4) is 0 Å². The van der Waals surface area contributed by atoms with Gasteiger partial charge in [0.15, 0.2) is 0 Å². The van der Waals surface area contributed by atoms with Crippen molar-refractivity contribution >= 4 is 11.8 Å². The van der Waals surface area contributed by atoms with Crippen molar-refractivity contribution in [3.63, 3.8) is 0 Å². The monoisotopic (exact) mass is 613 g/mol. The number of amides is 2. The van der Waals surface area contributed by atoms with Crippen LogP contribution in [0.4, 0.5) is 0 Å². The summed E-state index contributed by atoms with van der Waals surface area (Å²) in [6, 6.07) is 20.6. The first kappa shape index (κ1) is 32.8. The minimum atomic E-state index is -0.833. The molecule has 2 aromatic carbocycles. The molecule has 2 aliphatic rings. The van der Waals surface area contributed by atoms with Gasteiger partial charge in [0.05, 0.1) is 18.2 Å². The minimum Gasteiger partial charge on any atom is -0.392 e. The third-order valence-electron chi connectivity index (χ3n) is 8.70. The van der Waals surface area contributed by atoms with Gasteiger partial charge in [-0.3, -0.25) is 24.4 Å². The molecule has 45 heavy (non-hydrogen) atoms. The molecule has 5 atom stereocenters. The van der Waals surface area contributed by atoms with Crippen LogP contribution in [0.3, 0.4) is 0 Å². The molecule has 0 bridgehead atoms. The Bertz CT molecular complexity index is 1410. The molecule has 0 radical (unpaired) electrons. The van der Waals surface area contributed by atoms with Crippen molar-refractivity contribution in [1.82, 2.24) is 25.4 Å². The number of β-amino-alcohol motifs (C(OH)–C–C–N with tert-alkyl or cyclic N) is 1. The van der Waals surface area contributed by atoms with Crippen molar-refractivity contribution in [2.24, 2.45) is 5.92 Å². The van der Waals surface area contributed by atoms with Gasteiger partial charge in [-0.15, -0.1) is 0 Å². The van der Waals surface area contributed by atoms with E-state index in [4.69, 9.17) is 0 Å². The molecule has 3 aromatic rings. The van der Waals surface area contributed by atoms with E-state index in [-0.39, 0.29) is 24.8 Å². The van der Waals surface area contributed by atoms with Crippen molar-refractivity contribution < 1.29 is 19.8 Å². The number of nitrogens with one attached hydrogen (secondary N) is 2. The highest BCUT2D eigenvalue weighted by atomic mass is 16.3. The van der Waals surface area contributed by atoms with Gasteiger partial charge in [0.1, 0.15) is 6.04 Å². The molecule has 240 valence electrons. The first-order chi connectivity index (χ1) is 21.6. The maximum absolute atomic E-state index is 13.8. The van der Waals surface area contributed by atoms with E-state index in [1.54, 1.807) is 6.20 Å².